The highest BCUT2D eigenvalue weighted by atomic mass is 16.2. The number of nitrogens with two attached hydrogens (primary N) is 1. The summed E-state index contributed by atoms with van der Waals surface area (Å²) < 4.78 is 1.77. The lowest BCUT2D eigenvalue weighted by atomic mass is 10.1. The van der Waals surface area contributed by atoms with Gasteiger partial charge in [0.25, 0.3) is 0 Å². The molecule has 1 aliphatic carbocycles. The molecule has 1 amide bonds. The van der Waals surface area contributed by atoms with Crippen LogP contribution in [0.2, 0.25) is 0 Å². The van der Waals surface area contributed by atoms with Crippen molar-refractivity contribution >= 4 is 23.2 Å². The molecule has 0 saturated heterocycles. The Balaban J connectivity index is 1.31. The molecule has 1 aliphatic rings. The molecular weight excluding hydrogens is 388 g/mol. The molecular formula is C24H24N6O. The van der Waals surface area contributed by atoms with Crippen LogP contribution in [0, 0.1) is 5.92 Å². The van der Waals surface area contributed by atoms with Crippen molar-refractivity contribution in [1.29, 1.82) is 0 Å². The van der Waals surface area contributed by atoms with Gasteiger partial charge < -0.3 is 11.1 Å². The molecule has 1 saturated carbocycles. The number of nitrogens with zero attached hydrogens (tertiary/aromatic N) is 3. The fraction of sp³-hybridized carbons (Fsp3) is 0.208. The number of pyridine rings is 1. The molecule has 0 bridgehead atoms. The van der Waals surface area contributed by atoms with Gasteiger partial charge in [0.15, 0.2) is 5.65 Å². The molecule has 2 heterocycles. The summed E-state index contributed by atoms with van der Waals surface area (Å²) in [4.78, 5) is 16.5. The van der Waals surface area contributed by atoms with E-state index in [2.05, 4.69) is 45.0 Å². The van der Waals surface area contributed by atoms with E-state index in [0.717, 1.165) is 41.9 Å². The van der Waals surface area contributed by atoms with Crippen molar-refractivity contribution in [1.82, 2.24) is 14.6 Å². The first-order chi connectivity index (χ1) is 15.2. The number of fused-ring (bicyclic) bond motifs is 1. The monoisotopic (exact) mass is 412 g/mol. The molecule has 0 atom stereocenters. The molecule has 7 nitrogen and oxygen atoms in total. The van der Waals surface area contributed by atoms with Gasteiger partial charge >= 0.3 is 0 Å². The van der Waals surface area contributed by atoms with E-state index in [9.17, 15) is 4.79 Å². The van der Waals surface area contributed by atoms with E-state index < -0.39 is 0 Å². The fourth-order valence-corrected chi connectivity index (χ4v) is 3.49. The van der Waals surface area contributed by atoms with E-state index in [1.54, 1.807) is 4.52 Å². The van der Waals surface area contributed by atoms with E-state index in [-0.39, 0.29) is 11.8 Å². The van der Waals surface area contributed by atoms with E-state index in [0.29, 0.717) is 18.1 Å². The second-order valence-electron chi connectivity index (χ2n) is 7.83. The molecule has 1 fully saturated rings. The van der Waals surface area contributed by atoms with Crippen LogP contribution >= 0.6 is 0 Å². The summed E-state index contributed by atoms with van der Waals surface area (Å²) in [5, 5.41) is 10.8. The lowest BCUT2D eigenvalue weighted by Gasteiger charge is -2.09. The van der Waals surface area contributed by atoms with E-state index in [4.69, 9.17) is 5.73 Å². The number of aromatic nitrogens is 3. The lowest BCUT2D eigenvalue weighted by molar-refractivity contribution is -0.117. The van der Waals surface area contributed by atoms with Gasteiger partial charge in [-0.25, -0.2) is 4.52 Å². The number of carbonyl (C=O) groups is 1. The molecule has 0 unspecified atom stereocenters. The van der Waals surface area contributed by atoms with Gasteiger partial charge in [0.2, 0.25) is 11.9 Å². The van der Waals surface area contributed by atoms with Gasteiger partial charge in [-0.05, 0) is 48.2 Å². The predicted octanol–water partition coefficient (Wildman–Crippen LogP) is 3.82. The van der Waals surface area contributed by atoms with Crippen LogP contribution in [-0.4, -0.2) is 20.5 Å². The summed E-state index contributed by atoms with van der Waals surface area (Å²) in [5.41, 5.74) is 11.7. The first-order valence-corrected chi connectivity index (χ1v) is 10.5. The lowest BCUT2D eigenvalue weighted by Crippen LogP contribution is -2.14. The number of carbonyl (C=O) groups excluding carboxylic acids is 1. The Morgan fingerprint density at radius 1 is 1.00 bits per heavy atom. The molecule has 2 aromatic heterocycles. The van der Waals surface area contributed by atoms with E-state index >= 15 is 0 Å². The van der Waals surface area contributed by atoms with Gasteiger partial charge in [-0.2, -0.15) is 4.98 Å². The van der Waals surface area contributed by atoms with Gasteiger partial charge in [0.1, 0.15) is 0 Å². The number of nitrogens with one attached hydrogen (secondary N) is 2. The highest BCUT2D eigenvalue weighted by Crippen LogP contribution is 2.30. The number of hydrogen-bond acceptors (Lipinski definition) is 5. The summed E-state index contributed by atoms with van der Waals surface area (Å²) in [6, 6.07) is 22.3. The Morgan fingerprint density at radius 3 is 2.45 bits per heavy atom. The van der Waals surface area contributed by atoms with Gasteiger partial charge in [0.05, 0.1) is 5.69 Å². The summed E-state index contributed by atoms with van der Waals surface area (Å²) >= 11 is 0. The van der Waals surface area contributed by atoms with Crippen molar-refractivity contribution in [2.45, 2.75) is 25.9 Å². The van der Waals surface area contributed by atoms with Gasteiger partial charge in [-0.3, -0.25) is 10.1 Å². The third-order valence-corrected chi connectivity index (χ3v) is 5.48. The van der Waals surface area contributed by atoms with Crippen molar-refractivity contribution < 1.29 is 4.79 Å². The Morgan fingerprint density at radius 2 is 1.74 bits per heavy atom. The second kappa shape index (κ2) is 8.20. The number of amides is 1. The zero-order valence-electron chi connectivity index (χ0n) is 17.1. The molecule has 0 spiro atoms. The summed E-state index contributed by atoms with van der Waals surface area (Å²) in [6.45, 7) is 1.28. The van der Waals surface area contributed by atoms with Crippen LogP contribution in [0.5, 0.6) is 0 Å². The Kier molecular flexibility index (Phi) is 5.09. The standard InChI is InChI=1S/C24H24N6O/c25-14-16-6-12-20(13-7-16)26-15-17-4-8-18(9-5-17)21-2-1-3-22-27-24(29-30(21)22)28-23(31)19-10-11-19/h1-9,12-13,19,26H,10-11,14-15,25H2,(H,28,29,31). The SMILES string of the molecule is NCc1ccc(NCc2ccc(-c3cccc4nc(NC(=O)C5CC5)nn34)cc2)cc1. The molecule has 4 aromatic rings. The first kappa shape index (κ1) is 19.3. The van der Waals surface area contributed by atoms with Gasteiger partial charge in [-0.1, -0.05) is 42.5 Å². The zero-order valence-corrected chi connectivity index (χ0v) is 17.1. The fourth-order valence-electron chi connectivity index (χ4n) is 3.49. The van der Waals surface area contributed by atoms with Crippen LogP contribution in [-0.2, 0) is 17.9 Å². The average Bonchev–Trinajstić information content (AvgIpc) is 3.58. The molecule has 156 valence electrons. The van der Waals surface area contributed by atoms with Gasteiger partial charge in [-0.15, -0.1) is 5.10 Å². The summed E-state index contributed by atoms with van der Waals surface area (Å²) in [5.74, 6) is 0.476. The van der Waals surface area contributed by atoms with Crippen LogP contribution < -0.4 is 16.4 Å². The minimum absolute atomic E-state index is 0.00646. The minimum atomic E-state index is 0.00646. The Labute approximate surface area is 180 Å². The van der Waals surface area contributed by atoms with Crippen LogP contribution in [0.25, 0.3) is 16.9 Å². The first-order valence-electron chi connectivity index (χ1n) is 10.5. The largest absolute Gasteiger partial charge is 0.381 e. The maximum absolute atomic E-state index is 12.0. The normalized spacial score (nSPS) is 13.3. The third kappa shape index (κ3) is 4.27. The molecule has 0 aliphatic heterocycles. The van der Waals surface area contributed by atoms with Gasteiger partial charge in [0, 0.05) is 30.3 Å². The highest BCUT2D eigenvalue weighted by molar-refractivity contribution is 5.92. The summed E-state index contributed by atoms with van der Waals surface area (Å²) in [6.07, 6.45) is 1.90. The van der Waals surface area contributed by atoms with Crippen LogP contribution in [0.1, 0.15) is 24.0 Å². The number of benzene rings is 2. The molecule has 4 N–H and O–H groups in total. The van der Waals surface area contributed by atoms with E-state index in [1.165, 1.54) is 5.56 Å². The van der Waals surface area contributed by atoms with E-state index in [1.807, 2.05) is 42.5 Å². The molecule has 2 aromatic carbocycles. The average molecular weight is 412 g/mol. The summed E-state index contributed by atoms with van der Waals surface area (Å²) in [7, 11) is 0. The maximum Gasteiger partial charge on any atom is 0.249 e. The quantitative estimate of drug-likeness (QED) is 0.429. The number of rotatable bonds is 7. The maximum atomic E-state index is 12.0. The van der Waals surface area contributed by atoms with Crippen molar-refractivity contribution in [3.63, 3.8) is 0 Å². The third-order valence-electron chi connectivity index (χ3n) is 5.48. The van der Waals surface area contributed by atoms with Crippen molar-refractivity contribution in [3.05, 3.63) is 77.9 Å². The zero-order chi connectivity index (χ0) is 21.2. The topological polar surface area (TPSA) is 97.3 Å². The van der Waals surface area contributed by atoms with Crippen molar-refractivity contribution in [2.75, 3.05) is 10.6 Å². The second-order valence-corrected chi connectivity index (χ2v) is 7.83. The molecule has 0 radical (unpaired) electrons. The Bertz CT molecular complexity index is 1210. The van der Waals surface area contributed by atoms with Crippen LogP contribution in [0.3, 0.4) is 0 Å². The predicted molar refractivity (Wildman–Crippen MR) is 121 cm³/mol. The smallest absolute Gasteiger partial charge is 0.249 e. The van der Waals surface area contributed by atoms with Crippen molar-refractivity contribution in [2.24, 2.45) is 11.7 Å². The van der Waals surface area contributed by atoms with Crippen LogP contribution in [0.4, 0.5) is 11.6 Å². The number of hydrogen-bond donors (Lipinski definition) is 3. The molecule has 31 heavy (non-hydrogen) atoms. The molecule has 5 rings (SSSR count). The molecule has 7 heteroatoms. The van der Waals surface area contributed by atoms with Crippen molar-refractivity contribution in [3.8, 4) is 11.3 Å². The minimum Gasteiger partial charge on any atom is -0.381 e. The highest BCUT2D eigenvalue weighted by Gasteiger charge is 2.30. The van der Waals surface area contributed by atoms with Crippen LogP contribution in [0.15, 0.2) is 66.7 Å². The Hall–Kier alpha value is -3.71. The number of anilines is 2.